The summed E-state index contributed by atoms with van der Waals surface area (Å²) < 4.78 is 10.4. The lowest BCUT2D eigenvalue weighted by atomic mass is 10.1. The number of methoxy groups -OCH3 is 2. The summed E-state index contributed by atoms with van der Waals surface area (Å²) in [5.41, 5.74) is 1.25. The second-order valence-electron chi connectivity index (χ2n) is 4.43. The van der Waals surface area contributed by atoms with Crippen molar-refractivity contribution in [2.75, 3.05) is 14.2 Å². The fourth-order valence-electron chi connectivity index (χ4n) is 2.19. The lowest BCUT2D eigenvalue weighted by Gasteiger charge is -2.10. The van der Waals surface area contributed by atoms with E-state index in [1.165, 1.54) is 7.11 Å². The van der Waals surface area contributed by atoms with Crippen molar-refractivity contribution in [3.63, 3.8) is 0 Å². The van der Waals surface area contributed by atoms with E-state index in [4.69, 9.17) is 9.47 Å². The minimum atomic E-state index is 0.0114. The van der Waals surface area contributed by atoms with Crippen LogP contribution in [-0.4, -0.2) is 29.3 Å². The molecule has 0 saturated heterocycles. The quantitative estimate of drug-likeness (QED) is 0.800. The molecule has 0 fully saturated rings. The molecule has 0 saturated carbocycles. The van der Waals surface area contributed by atoms with Crippen molar-refractivity contribution in [3.8, 4) is 28.8 Å². The molecule has 5 nitrogen and oxygen atoms in total. The van der Waals surface area contributed by atoms with Gasteiger partial charge in [0.05, 0.1) is 30.7 Å². The zero-order valence-electron chi connectivity index (χ0n) is 11.7. The molecule has 0 spiro atoms. The molecule has 3 rings (SSSR count). The molecule has 0 atom stereocenters. The normalized spacial score (nSPS) is 10.6. The summed E-state index contributed by atoms with van der Waals surface area (Å²) in [6.45, 7) is 0. The van der Waals surface area contributed by atoms with Crippen LogP contribution in [0, 0.1) is 0 Å². The number of phenolic OH excluding ortho intramolecular Hbond substituents is 1. The third kappa shape index (κ3) is 2.23. The molecule has 1 N–H and O–H groups in total. The van der Waals surface area contributed by atoms with Crippen LogP contribution in [0.5, 0.6) is 17.4 Å². The van der Waals surface area contributed by atoms with Gasteiger partial charge >= 0.3 is 0 Å². The van der Waals surface area contributed by atoms with E-state index in [-0.39, 0.29) is 5.75 Å². The van der Waals surface area contributed by atoms with Gasteiger partial charge in [-0.05, 0) is 24.3 Å². The van der Waals surface area contributed by atoms with E-state index < -0.39 is 0 Å². The van der Waals surface area contributed by atoms with Crippen LogP contribution >= 0.6 is 0 Å². The highest BCUT2D eigenvalue weighted by Crippen LogP contribution is 2.36. The van der Waals surface area contributed by atoms with Crippen LogP contribution in [0.2, 0.25) is 0 Å². The molecule has 0 radical (unpaired) electrons. The monoisotopic (exact) mass is 282 g/mol. The fraction of sp³-hybridized carbons (Fsp3) is 0.125. The molecule has 0 aliphatic carbocycles. The number of fused-ring (bicyclic) bond motifs is 1. The number of nitrogens with zero attached hydrogens (tertiary/aromatic N) is 2. The molecule has 0 amide bonds. The van der Waals surface area contributed by atoms with Gasteiger partial charge in [0.2, 0.25) is 5.88 Å². The van der Waals surface area contributed by atoms with Crippen molar-refractivity contribution in [2.24, 2.45) is 0 Å². The number of aromatic hydroxyl groups is 1. The van der Waals surface area contributed by atoms with Crippen molar-refractivity contribution in [3.05, 3.63) is 42.5 Å². The molecule has 3 aromatic rings. The van der Waals surface area contributed by atoms with Gasteiger partial charge in [-0.1, -0.05) is 18.2 Å². The Hall–Kier alpha value is -2.82. The summed E-state index contributed by atoms with van der Waals surface area (Å²) in [7, 11) is 3.06. The average Bonchev–Trinajstić information content (AvgIpc) is 2.54. The first-order valence-electron chi connectivity index (χ1n) is 6.41. The molecule has 0 unspecified atom stereocenters. The molecular formula is C16H14N2O3. The fourth-order valence-corrected chi connectivity index (χ4v) is 2.19. The summed E-state index contributed by atoms with van der Waals surface area (Å²) in [5.74, 6) is 1.25. The zero-order valence-corrected chi connectivity index (χ0v) is 11.7. The molecule has 1 aromatic heterocycles. The smallest absolute Gasteiger partial charge is 0.224 e. The minimum absolute atomic E-state index is 0.0114. The van der Waals surface area contributed by atoms with Crippen molar-refractivity contribution in [1.82, 2.24) is 9.97 Å². The number of aromatic nitrogens is 2. The number of ether oxygens (including phenoxy) is 2. The Morgan fingerprint density at radius 3 is 2.48 bits per heavy atom. The largest absolute Gasteiger partial charge is 0.504 e. The van der Waals surface area contributed by atoms with Gasteiger partial charge in [-0.3, -0.25) is 0 Å². The molecule has 5 heteroatoms. The summed E-state index contributed by atoms with van der Waals surface area (Å²) in [5, 5.41) is 11.1. The van der Waals surface area contributed by atoms with Gasteiger partial charge < -0.3 is 14.6 Å². The molecular weight excluding hydrogens is 268 g/mol. The van der Waals surface area contributed by atoms with E-state index in [9.17, 15) is 5.11 Å². The van der Waals surface area contributed by atoms with Crippen molar-refractivity contribution >= 4 is 10.9 Å². The molecule has 0 bridgehead atoms. The van der Waals surface area contributed by atoms with Crippen LogP contribution in [-0.2, 0) is 0 Å². The van der Waals surface area contributed by atoms with Crippen LogP contribution < -0.4 is 9.47 Å². The number of hydrogen-bond acceptors (Lipinski definition) is 5. The topological polar surface area (TPSA) is 64.5 Å². The van der Waals surface area contributed by atoms with E-state index in [1.54, 1.807) is 25.3 Å². The van der Waals surface area contributed by atoms with Gasteiger partial charge in [0.15, 0.2) is 17.3 Å². The maximum Gasteiger partial charge on any atom is 0.224 e. The summed E-state index contributed by atoms with van der Waals surface area (Å²) in [6, 6.07) is 12.8. The Bertz CT molecular complexity index is 803. The van der Waals surface area contributed by atoms with E-state index in [2.05, 4.69) is 9.97 Å². The SMILES string of the molecule is COc1cccc(-c2nc(OC)c3ccccc3n2)c1O. The van der Waals surface area contributed by atoms with Crippen LogP contribution in [0.4, 0.5) is 0 Å². The summed E-state index contributed by atoms with van der Waals surface area (Å²) in [4.78, 5) is 8.86. The Morgan fingerprint density at radius 1 is 0.905 bits per heavy atom. The number of hydrogen-bond donors (Lipinski definition) is 1. The highest BCUT2D eigenvalue weighted by molar-refractivity contribution is 5.85. The van der Waals surface area contributed by atoms with Gasteiger partial charge in [-0.2, -0.15) is 4.98 Å². The van der Waals surface area contributed by atoms with Gasteiger partial charge in [-0.15, -0.1) is 0 Å². The molecule has 106 valence electrons. The number of phenols is 1. The first-order valence-corrected chi connectivity index (χ1v) is 6.41. The van der Waals surface area contributed by atoms with Crippen LogP contribution in [0.15, 0.2) is 42.5 Å². The van der Waals surface area contributed by atoms with Gasteiger partial charge in [0.1, 0.15) is 0 Å². The van der Waals surface area contributed by atoms with Gasteiger partial charge in [-0.25, -0.2) is 4.98 Å². The van der Waals surface area contributed by atoms with Crippen molar-refractivity contribution in [2.45, 2.75) is 0 Å². The van der Waals surface area contributed by atoms with E-state index in [0.717, 1.165) is 10.9 Å². The first kappa shape index (κ1) is 13.2. The van der Waals surface area contributed by atoms with Gasteiger partial charge in [0.25, 0.3) is 0 Å². The second kappa shape index (κ2) is 5.28. The second-order valence-corrected chi connectivity index (χ2v) is 4.43. The standard InChI is InChI=1S/C16H14N2O3/c1-20-13-9-5-7-11(14(13)19)15-17-12-8-4-3-6-10(12)16(18-15)21-2/h3-9,19H,1-2H3. The van der Waals surface area contributed by atoms with E-state index >= 15 is 0 Å². The number of para-hydroxylation sites is 2. The lowest BCUT2D eigenvalue weighted by molar-refractivity contribution is 0.374. The van der Waals surface area contributed by atoms with Crippen molar-refractivity contribution in [1.29, 1.82) is 0 Å². The minimum Gasteiger partial charge on any atom is -0.504 e. The van der Waals surface area contributed by atoms with Crippen LogP contribution in [0.25, 0.3) is 22.3 Å². The molecule has 0 aliphatic rings. The predicted molar refractivity (Wildman–Crippen MR) is 79.7 cm³/mol. The van der Waals surface area contributed by atoms with Crippen LogP contribution in [0.3, 0.4) is 0 Å². The maximum absolute atomic E-state index is 10.2. The summed E-state index contributed by atoms with van der Waals surface area (Å²) >= 11 is 0. The van der Waals surface area contributed by atoms with E-state index in [1.807, 2.05) is 24.3 Å². The predicted octanol–water partition coefficient (Wildman–Crippen LogP) is 3.02. The number of rotatable bonds is 3. The third-order valence-electron chi connectivity index (χ3n) is 3.22. The number of benzene rings is 2. The zero-order chi connectivity index (χ0) is 14.8. The van der Waals surface area contributed by atoms with E-state index in [0.29, 0.717) is 23.0 Å². The average molecular weight is 282 g/mol. The van der Waals surface area contributed by atoms with Gasteiger partial charge in [0, 0.05) is 0 Å². The Balaban J connectivity index is 2.26. The highest BCUT2D eigenvalue weighted by atomic mass is 16.5. The highest BCUT2D eigenvalue weighted by Gasteiger charge is 2.15. The first-order chi connectivity index (χ1) is 10.2. The Kier molecular flexibility index (Phi) is 3.31. The Morgan fingerprint density at radius 2 is 1.71 bits per heavy atom. The molecule has 0 aliphatic heterocycles. The third-order valence-corrected chi connectivity index (χ3v) is 3.22. The Labute approximate surface area is 121 Å². The maximum atomic E-state index is 10.2. The lowest BCUT2D eigenvalue weighted by Crippen LogP contribution is -1.96. The summed E-state index contributed by atoms with van der Waals surface area (Å²) in [6.07, 6.45) is 0. The molecule has 21 heavy (non-hydrogen) atoms. The van der Waals surface area contributed by atoms with Crippen LogP contribution in [0.1, 0.15) is 0 Å². The molecule has 1 heterocycles. The molecule has 2 aromatic carbocycles. The van der Waals surface area contributed by atoms with Crippen molar-refractivity contribution < 1.29 is 14.6 Å².